The maximum absolute atomic E-state index is 11.6. The van der Waals surface area contributed by atoms with Crippen LogP contribution in [0.3, 0.4) is 0 Å². The van der Waals surface area contributed by atoms with E-state index in [4.69, 9.17) is 24.5 Å². The lowest BCUT2D eigenvalue weighted by Gasteiger charge is -2.07. The smallest absolute Gasteiger partial charge is 0.408 e. The predicted octanol–water partition coefficient (Wildman–Crippen LogP) is 5.12. The van der Waals surface area contributed by atoms with E-state index in [1.165, 1.54) is 12.8 Å². The summed E-state index contributed by atoms with van der Waals surface area (Å²) < 4.78 is 5.14. The molecule has 0 aromatic carbocycles. The number of thioether (sulfide) groups is 8. The molecule has 0 fully saturated rings. The molecule has 0 atom stereocenters. The summed E-state index contributed by atoms with van der Waals surface area (Å²) in [5.74, 6) is 1.96. The summed E-state index contributed by atoms with van der Waals surface area (Å²) in [5, 5.41) is 16.9. The fourth-order valence-electron chi connectivity index (χ4n) is 1.34. The van der Waals surface area contributed by atoms with Crippen molar-refractivity contribution < 1.29 is 34.2 Å². The molecule has 0 rings (SSSR count). The average Bonchev–Trinajstić information content (AvgIpc) is 2.86. The van der Waals surface area contributed by atoms with Gasteiger partial charge in [0.1, 0.15) is 11.9 Å². The fraction of sp³-hybridized carbons (Fsp3) is 0.824. The van der Waals surface area contributed by atoms with Gasteiger partial charge in [-0.2, -0.15) is 9.78 Å². The maximum Gasteiger partial charge on any atom is 0.408 e. The minimum Gasteiger partial charge on any atom is -0.438 e. The van der Waals surface area contributed by atoms with Crippen LogP contribution in [0.5, 0.6) is 0 Å². The van der Waals surface area contributed by atoms with Crippen LogP contribution in [-0.4, -0.2) is 98.4 Å². The Morgan fingerprint density at radius 1 is 0.829 bits per heavy atom. The highest BCUT2D eigenvalue weighted by Crippen LogP contribution is 2.22. The van der Waals surface area contributed by atoms with Crippen LogP contribution in [0.25, 0.3) is 0 Å². The minimum atomic E-state index is -0.379. The van der Waals surface area contributed by atoms with Gasteiger partial charge in [-0.1, -0.05) is 0 Å². The van der Waals surface area contributed by atoms with Gasteiger partial charge in [0.25, 0.3) is 0 Å². The molecule has 206 valence electrons. The third kappa shape index (κ3) is 32.9. The Balaban J connectivity index is 3.19. The first-order valence-electron chi connectivity index (χ1n) is 9.90. The highest BCUT2D eigenvalue weighted by molar-refractivity contribution is 8.26. The first-order chi connectivity index (χ1) is 17.3. The van der Waals surface area contributed by atoms with Crippen molar-refractivity contribution in [1.82, 2.24) is 5.32 Å². The molecule has 2 N–H and O–H groups in total. The van der Waals surface area contributed by atoms with E-state index in [-0.39, 0.29) is 12.7 Å². The molecular formula is C17H33N3O7S8. The lowest BCUT2D eigenvalue weighted by atomic mass is 10.5. The third-order valence-corrected chi connectivity index (χ3v) is 11.9. The zero-order chi connectivity index (χ0) is 25.5. The molecule has 10 nitrogen and oxygen atoms in total. The number of nitrogens with zero attached hydrogens (tertiary/aromatic N) is 2. The summed E-state index contributed by atoms with van der Waals surface area (Å²) in [7, 11) is 1.61. The van der Waals surface area contributed by atoms with Gasteiger partial charge >= 0.3 is 6.09 Å². The third-order valence-electron chi connectivity index (χ3n) is 2.68. The molecule has 0 aliphatic heterocycles. The largest absolute Gasteiger partial charge is 0.438 e. The van der Waals surface area contributed by atoms with Crippen molar-refractivity contribution in [2.24, 2.45) is 9.98 Å². The van der Waals surface area contributed by atoms with Gasteiger partial charge in [0.15, 0.2) is 0 Å². The van der Waals surface area contributed by atoms with Crippen LogP contribution in [-0.2, 0) is 24.3 Å². The van der Waals surface area contributed by atoms with Crippen LogP contribution in [0.2, 0.25) is 0 Å². The standard InChI is InChI=1S/C17H33N3O7S8/c1-18-5-25-27-10-31-14-35-16-34-13-30-9-23-17(22)20-8-29-12-33-15-32-11-28-7-19-6-26-24-4-2-3-21/h5-6,21H,2-4,7-16H2,1H3,(H,20,22). The number of carbonyl (C=O) groups is 1. The number of aliphatic hydroxyl groups is 1. The highest BCUT2D eigenvalue weighted by atomic mass is 32.3. The van der Waals surface area contributed by atoms with Crippen molar-refractivity contribution >= 4 is 113 Å². The summed E-state index contributed by atoms with van der Waals surface area (Å²) >= 11 is 13.8. The van der Waals surface area contributed by atoms with E-state index in [2.05, 4.69) is 20.2 Å². The SMILES string of the molecule is CN=COOCSCSCSCSCOC(=O)NCSCSCSCSCN=COOCCCO. The number of carbonyl (C=O) groups excluding carboxylic acids is 1. The van der Waals surface area contributed by atoms with Gasteiger partial charge in [-0.25, -0.2) is 9.79 Å². The fourth-order valence-corrected chi connectivity index (χ4v) is 9.59. The number of amides is 1. The molecule has 0 spiro atoms. The monoisotopic (exact) mass is 647 g/mol. The predicted molar refractivity (Wildman–Crippen MR) is 163 cm³/mol. The number of ether oxygens (including phenoxy) is 1. The van der Waals surface area contributed by atoms with Crippen molar-refractivity contribution in [3.05, 3.63) is 0 Å². The van der Waals surface area contributed by atoms with Gasteiger partial charge in [0, 0.05) is 44.2 Å². The Hall–Kier alpha value is 0.890. The first-order valence-corrected chi connectivity index (χ1v) is 19.1. The van der Waals surface area contributed by atoms with Crippen LogP contribution in [0.4, 0.5) is 4.79 Å². The van der Waals surface area contributed by atoms with E-state index in [1.54, 1.807) is 77.6 Å². The summed E-state index contributed by atoms with van der Waals surface area (Å²) in [6.07, 6.45) is 2.69. The van der Waals surface area contributed by atoms with E-state index in [0.717, 1.165) is 30.5 Å². The molecule has 0 saturated carbocycles. The molecule has 0 aromatic rings. The van der Waals surface area contributed by atoms with E-state index in [1.807, 2.05) is 23.5 Å². The van der Waals surface area contributed by atoms with Crippen molar-refractivity contribution in [1.29, 1.82) is 0 Å². The maximum atomic E-state index is 11.6. The van der Waals surface area contributed by atoms with Crippen molar-refractivity contribution in [2.45, 2.75) is 6.42 Å². The van der Waals surface area contributed by atoms with E-state index >= 15 is 0 Å². The molecule has 0 saturated heterocycles. The van der Waals surface area contributed by atoms with E-state index in [9.17, 15) is 4.79 Å². The zero-order valence-corrected chi connectivity index (χ0v) is 25.9. The van der Waals surface area contributed by atoms with Crippen LogP contribution in [0.1, 0.15) is 6.42 Å². The Kier molecular flexibility index (Phi) is 33.8. The van der Waals surface area contributed by atoms with Gasteiger partial charge in [0.2, 0.25) is 12.8 Å². The number of aliphatic imine (C=N–C) groups is 2. The Morgan fingerprint density at radius 3 is 2.17 bits per heavy atom. The van der Waals surface area contributed by atoms with Crippen LogP contribution in [0, 0.1) is 0 Å². The van der Waals surface area contributed by atoms with Crippen molar-refractivity contribution in [2.75, 3.05) is 74.4 Å². The van der Waals surface area contributed by atoms with Crippen LogP contribution >= 0.6 is 94.1 Å². The molecular weight excluding hydrogens is 615 g/mol. The number of alkyl carbamates (subject to hydrolysis) is 1. The number of rotatable bonds is 27. The highest BCUT2D eigenvalue weighted by Gasteiger charge is 2.01. The van der Waals surface area contributed by atoms with Crippen molar-refractivity contribution in [3.8, 4) is 0 Å². The number of hydrogen-bond donors (Lipinski definition) is 2. The topological polar surface area (TPSA) is 120 Å². The second-order valence-electron chi connectivity index (χ2n) is 5.32. The van der Waals surface area contributed by atoms with E-state index in [0.29, 0.717) is 36.7 Å². The van der Waals surface area contributed by atoms with Gasteiger partial charge in [-0.15, -0.1) is 94.1 Å². The summed E-state index contributed by atoms with van der Waals surface area (Å²) in [6.45, 7) is 0.429. The van der Waals surface area contributed by atoms with Gasteiger partial charge in [0.05, 0.1) is 18.4 Å². The molecule has 35 heavy (non-hydrogen) atoms. The molecule has 18 heteroatoms. The number of aliphatic hydroxyl groups excluding tert-OH is 1. The zero-order valence-electron chi connectivity index (χ0n) is 19.4. The summed E-state index contributed by atoms with van der Waals surface area (Å²) in [4.78, 5) is 38.3. The second kappa shape index (κ2) is 32.9. The Morgan fingerprint density at radius 2 is 1.46 bits per heavy atom. The van der Waals surface area contributed by atoms with Crippen LogP contribution < -0.4 is 5.32 Å². The molecule has 0 aliphatic carbocycles. The van der Waals surface area contributed by atoms with Crippen molar-refractivity contribution in [3.63, 3.8) is 0 Å². The second-order valence-corrected chi connectivity index (χ2v) is 15.3. The van der Waals surface area contributed by atoms with Gasteiger partial charge < -0.3 is 24.9 Å². The average molecular weight is 648 g/mol. The van der Waals surface area contributed by atoms with Crippen LogP contribution in [0.15, 0.2) is 9.98 Å². The molecule has 0 radical (unpaired) electrons. The van der Waals surface area contributed by atoms with Gasteiger partial charge in [-0.3, -0.25) is 4.99 Å². The van der Waals surface area contributed by atoms with Gasteiger partial charge in [-0.05, 0) is 6.42 Å². The quantitative estimate of drug-likeness (QED) is 0.0306. The summed E-state index contributed by atoms with van der Waals surface area (Å²) in [6, 6.07) is 0. The van der Waals surface area contributed by atoms with E-state index < -0.39 is 0 Å². The molecule has 0 aromatic heterocycles. The number of nitrogens with one attached hydrogen (secondary N) is 1. The minimum absolute atomic E-state index is 0.0810. The normalized spacial score (nSPS) is 11.4. The molecule has 0 unspecified atom stereocenters. The number of hydrogen-bond acceptors (Lipinski definition) is 17. The molecule has 0 bridgehead atoms. The summed E-state index contributed by atoms with van der Waals surface area (Å²) in [5.41, 5.74) is 0. The Labute approximate surface area is 241 Å². The molecule has 0 aliphatic rings. The Bertz CT molecular complexity index is 516. The first kappa shape index (κ1) is 35.9. The molecule has 0 heterocycles. The molecule has 1 amide bonds. The lowest BCUT2D eigenvalue weighted by Crippen LogP contribution is -2.23. The lowest BCUT2D eigenvalue weighted by molar-refractivity contribution is -0.217.